The van der Waals surface area contributed by atoms with E-state index in [0.29, 0.717) is 6.42 Å². The van der Waals surface area contributed by atoms with Crippen molar-refractivity contribution in [2.24, 2.45) is 0 Å². The lowest BCUT2D eigenvalue weighted by atomic mass is 10.0. The summed E-state index contributed by atoms with van der Waals surface area (Å²) >= 11 is 0. The van der Waals surface area contributed by atoms with Gasteiger partial charge in [0.2, 0.25) is 5.91 Å². The van der Waals surface area contributed by atoms with E-state index >= 15 is 0 Å². The molecular formula is C48H91NO3. The number of aliphatic hydroxyl groups is 2. The number of hydrogen-bond donors (Lipinski definition) is 3. The van der Waals surface area contributed by atoms with Crippen LogP contribution < -0.4 is 5.32 Å². The molecule has 0 spiro atoms. The Morgan fingerprint density at radius 2 is 0.788 bits per heavy atom. The predicted octanol–water partition coefficient (Wildman–Crippen LogP) is 14.6. The van der Waals surface area contributed by atoms with Crippen LogP contribution in [-0.2, 0) is 4.79 Å². The number of rotatable bonds is 42. The van der Waals surface area contributed by atoms with E-state index < -0.39 is 12.1 Å². The first-order valence-electron chi connectivity index (χ1n) is 23.2. The van der Waals surface area contributed by atoms with Crippen LogP contribution in [0.3, 0.4) is 0 Å². The lowest BCUT2D eigenvalue weighted by molar-refractivity contribution is -0.123. The minimum absolute atomic E-state index is 0.0659. The Morgan fingerprint density at radius 3 is 1.15 bits per heavy atom. The molecule has 0 aliphatic rings. The lowest BCUT2D eigenvalue weighted by Crippen LogP contribution is -2.45. The molecule has 4 nitrogen and oxygen atoms in total. The Hall–Kier alpha value is -1.39. The van der Waals surface area contributed by atoms with Gasteiger partial charge in [-0.1, -0.05) is 224 Å². The van der Waals surface area contributed by atoms with Crippen LogP contribution in [0.1, 0.15) is 245 Å². The molecule has 0 saturated carbocycles. The fourth-order valence-electron chi connectivity index (χ4n) is 7.03. The molecule has 0 aromatic carbocycles. The third-order valence-corrected chi connectivity index (χ3v) is 10.6. The summed E-state index contributed by atoms with van der Waals surface area (Å²) in [5, 5.41) is 23.0. The van der Waals surface area contributed by atoms with Crippen molar-refractivity contribution in [2.45, 2.75) is 257 Å². The first-order valence-corrected chi connectivity index (χ1v) is 23.2. The molecule has 52 heavy (non-hydrogen) atoms. The van der Waals surface area contributed by atoms with Crippen LogP contribution in [0, 0.1) is 0 Å². The largest absolute Gasteiger partial charge is 0.394 e. The highest BCUT2D eigenvalue weighted by Gasteiger charge is 2.17. The molecule has 0 aromatic heterocycles. The Labute approximate surface area is 325 Å². The number of nitrogens with one attached hydrogen (secondary N) is 1. The molecule has 0 aliphatic carbocycles. The van der Waals surface area contributed by atoms with Gasteiger partial charge in [-0.25, -0.2) is 0 Å². The average Bonchev–Trinajstić information content (AvgIpc) is 3.15. The van der Waals surface area contributed by atoms with E-state index in [1.165, 1.54) is 193 Å². The number of carbonyl (C=O) groups excluding carboxylic acids is 1. The summed E-state index contributed by atoms with van der Waals surface area (Å²) in [5.74, 6) is -0.0659. The van der Waals surface area contributed by atoms with E-state index in [2.05, 4.69) is 43.5 Å². The zero-order valence-electron chi connectivity index (χ0n) is 35.1. The Morgan fingerprint density at radius 1 is 0.462 bits per heavy atom. The second-order valence-corrected chi connectivity index (χ2v) is 15.8. The molecule has 1 amide bonds. The quantitative estimate of drug-likeness (QED) is 0.0433. The van der Waals surface area contributed by atoms with Crippen molar-refractivity contribution >= 4 is 5.91 Å². The SMILES string of the molecule is CCCCCCCCCCC/C=C\C/C=C\CCCCCCCCCCCCCC(=O)NC(CO)C(O)/C=C/CCCCCCCCCCCCC. The molecule has 0 heterocycles. The lowest BCUT2D eigenvalue weighted by Gasteiger charge is -2.20. The van der Waals surface area contributed by atoms with Gasteiger partial charge in [0, 0.05) is 6.42 Å². The zero-order chi connectivity index (χ0) is 37.8. The van der Waals surface area contributed by atoms with E-state index in [1.807, 2.05) is 6.08 Å². The number of hydrogen-bond acceptors (Lipinski definition) is 3. The van der Waals surface area contributed by atoms with E-state index in [-0.39, 0.29) is 12.5 Å². The van der Waals surface area contributed by atoms with Gasteiger partial charge in [-0.2, -0.15) is 0 Å². The van der Waals surface area contributed by atoms with Crippen LogP contribution in [0.2, 0.25) is 0 Å². The third-order valence-electron chi connectivity index (χ3n) is 10.6. The summed E-state index contributed by atoms with van der Waals surface area (Å²) in [5.41, 5.74) is 0. The molecule has 0 radical (unpaired) electrons. The van der Waals surface area contributed by atoms with Gasteiger partial charge in [-0.05, 0) is 51.4 Å². The molecule has 0 bridgehead atoms. The molecule has 3 N–H and O–H groups in total. The van der Waals surface area contributed by atoms with Crippen LogP contribution in [0.15, 0.2) is 36.5 Å². The zero-order valence-corrected chi connectivity index (χ0v) is 35.1. The smallest absolute Gasteiger partial charge is 0.220 e. The summed E-state index contributed by atoms with van der Waals surface area (Å²) in [7, 11) is 0. The van der Waals surface area contributed by atoms with E-state index in [0.717, 1.165) is 32.1 Å². The number of allylic oxidation sites excluding steroid dienone is 5. The second kappa shape index (κ2) is 44.0. The first-order chi connectivity index (χ1) is 25.7. The number of carbonyl (C=O) groups is 1. The number of aliphatic hydroxyl groups excluding tert-OH is 2. The van der Waals surface area contributed by atoms with Gasteiger partial charge >= 0.3 is 0 Å². The van der Waals surface area contributed by atoms with Crippen molar-refractivity contribution in [3.05, 3.63) is 36.5 Å². The maximum absolute atomic E-state index is 12.4. The molecule has 0 fully saturated rings. The first kappa shape index (κ1) is 50.6. The number of unbranched alkanes of at least 4 members (excludes halogenated alkanes) is 31. The monoisotopic (exact) mass is 730 g/mol. The van der Waals surface area contributed by atoms with Gasteiger partial charge < -0.3 is 15.5 Å². The minimum atomic E-state index is -0.838. The molecule has 306 valence electrons. The molecule has 2 unspecified atom stereocenters. The highest BCUT2D eigenvalue weighted by atomic mass is 16.3. The average molecular weight is 730 g/mol. The summed E-state index contributed by atoms with van der Waals surface area (Å²) in [6, 6.07) is -0.621. The summed E-state index contributed by atoms with van der Waals surface area (Å²) in [6.45, 7) is 4.31. The topological polar surface area (TPSA) is 69.6 Å². The fourth-order valence-corrected chi connectivity index (χ4v) is 7.03. The van der Waals surface area contributed by atoms with Crippen LogP contribution >= 0.6 is 0 Å². The van der Waals surface area contributed by atoms with Crippen molar-refractivity contribution in [2.75, 3.05) is 6.61 Å². The van der Waals surface area contributed by atoms with Crippen LogP contribution in [0.4, 0.5) is 0 Å². The van der Waals surface area contributed by atoms with Gasteiger partial charge in [0.1, 0.15) is 0 Å². The standard InChI is InChI=1S/C48H91NO3/c1-3-5-7-9-11-13-15-17-18-19-20-21-22-23-24-25-26-27-28-29-30-32-34-36-38-40-42-44-48(52)49-46(45-50)47(51)43-41-39-37-35-33-31-16-14-12-10-8-6-4-2/h20-21,23-24,41,43,46-47,50-51H,3-19,22,25-40,42,44-45H2,1-2H3,(H,49,52)/b21-20-,24-23-,43-41+. The fraction of sp³-hybridized carbons (Fsp3) is 0.854. The maximum atomic E-state index is 12.4. The van der Waals surface area contributed by atoms with E-state index in [1.54, 1.807) is 6.08 Å². The molecule has 4 heteroatoms. The van der Waals surface area contributed by atoms with Gasteiger partial charge in [0.05, 0.1) is 18.8 Å². The van der Waals surface area contributed by atoms with Gasteiger partial charge in [-0.3, -0.25) is 4.79 Å². The van der Waals surface area contributed by atoms with Crippen molar-refractivity contribution in [3.8, 4) is 0 Å². The van der Waals surface area contributed by atoms with E-state index in [9.17, 15) is 15.0 Å². The van der Waals surface area contributed by atoms with Crippen LogP contribution in [-0.4, -0.2) is 34.9 Å². The summed E-state index contributed by atoms with van der Waals surface area (Å²) in [6.07, 6.45) is 58.3. The third kappa shape index (κ3) is 39.8. The molecule has 0 aromatic rings. The molecular weight excluding hydrogens is 639 g/mol. The van der Waals surface area contributed by atoms with Crippen molar-refractivity contribution in [3.63, 3.8) is 0 Å². The predicted molar refractivity (Wildman–Crippen MR) is 230 cm³/mol. The Kier molecular flexibility index (Phi) is 42.8. The van der Waals surface area contributed by atoms with Crippen LogP contribution in [0.25, 0.3) is 0 Å². The molecule has 0 aliphatic heterocycles. The van der Waals surface area contributed by atoms with Crippen LogP contribution in [0.5, 0.6) is 0 Å². The molecule has 0 rings (SSSR count). The maximum Gasteiger partial charge on any atom is 0.220 e. The highest BCUT2D eigenvalue weighted by molar-refractivity contribution is 5.76. The summed E-state index contributed by atoms with van der Waals surface area (Å²) < 4.78 is 0. The van der Waals surface area contributed by atoms with Gasteiger partial charge in [0.25, 0.3) is 0 Å². The molecule has 2 atom stereocenters. The van der Waals surface area contributed by atoms with Gasteiger partial charge in [-0.15, -0.1) is 0 Å². The number of amides is 1. The normalized spacial score (nSPS) is 13.2. The van der Waals surface area contributed by atoms with Crippen molar-refractivity contribution in [1.29, 1.82) is 0 Å². The Bertz CT molecular complexity index is 790. The molecule has 0 saturated heterocycles. The summed E-state index contributed by atoms with van der Waals surface area (Å²) in [4.78, 5) is 12.4. The van der Waals surface area contributed by atoms with Crippen molar-refractivity contribution < 1.29 is 15.0 Å². The Balaban J connectivity index is 3.52. The van der Waals surface area contributed by atoms with Gasteiger partial charge in [0.15, 0.2) is 0 Å². The van der Waals surface area contributed by atoms with E-state index in [4.69, 9.17) is 0 Å². The second-order valence-electron chi connectivity index (χ2n) is 15.8. The highest BCUT2D eigenvalue weighted by Crippen LogP contribution is 2.15. The van der Waals surface area contributed by atoms with Crippen molar-refractivity contribution in [1.82, 2.24) is 5.32 Å². The minimum Gasteiger partial charge on any atom is -0.394 e.